The molecule has 1 fully saturated rings. The number of piperidine rings is 1. The van der Waals surface area contributed by atoms with Gasteiger partial charge in [0.2, 0.25) is 0 Å². The maximum atomic E-state index is 14.1. The van der Waals surface area contributed by atoms with Crippen molar-refractivity contribution in [2.75, 3.05) is 18.0 Å². The molecule has 4 heteroatoms. The normalized spacial score (nSPS) is 15.1. The summed E-state index contributed by atoms with van der Waals surface area (Å²) in [6, 6.07) is 23.0. The maximum absolute atomic E-state index is 14.1. The summed E-state index contributed by atoms with van der Waals surface area (Å²) in [6.45, 7) is 6.35. The molecule has 0 aliphatic carbocycles. The molecule has 160 valence electrons. The van der Waals surface area contributed by atoms with Gasteiger partial charge in [-0.1, -0.05) is 48.0 Å². The number of hydrogen-bond acceptors (Lipinski definition) is 2. The lowest BCUT2D eigenvalue weighted by Gasteiger charge is -2.39. The number of carbonyl (C=O) groups is 1. The van der Waals surface area contributed by atoms with Crippen LogP contribution in [0.15, 0.2) is 72.8 Å². The lowest BCUT2D eigenvalue weighted by Crippen LogP contribution is -2.47. The fraction of sp³-hybridized carbons (Fsp3) is 0.296. The highest BCUT2D eigenvalue weighted by molar-refractivity contribution is 6.06. The number of carbonyl (C=O) groups excluding carboxylic acids is 1. The molecule has 4 rings (SSSR count). The van der Waals surface area contributed by atoms with Crippen molar-refractivity contribution in [2.24, 2.45) is 0 Å². The van der Waals surface area contributed by atoms with Crippen LogP contribution in [0.5, 0.6) is 0 Å². The van der Waals surface area contributed by atoms with E-state index in [1.54, 1.807) is 6.07 Å². The van der Waals surface area contributed by atoms with Crippen molar-refractivity contribution in [2.45, 2.75) is 39.3 Å². The van der Waals surface area contributed by atoms with E-state index >= 15 is 0 Å². The minimum Gasteiger partial charge on any atom is -0.305 e. The monoisotopic (exact) mass is 416 g/mol. The third kappa shape index (κ3) is 5.02. The summed E-state index contributed by atoms with van der Waals surface area (Å²) in [5.74, 6) is -0.112. The van der Waals surface area contributed by atoms with Crippen molar-refractivity contribution in [1.82, 2.24) is 4.90 Å². The number of hydrogen-bond donors (Lipinski definition) is 0. The summed E-state index contributed by atoms with van der Waals surface area (Å²) in [5, 5.41) is 0. The van der Waals surface area contributed by atoms with Crippen LogP contribution in [0.1, 0.15) is 39.9 Å². The number of aryl methyl sites for hydroxylation is 2. The van der Waals surface area contributed by atoms with Crippen LogP contribution in [0.3, 0.4) is 0 Å². The van der Waals surface area contributed by atoms with Gasteiger partial charge in [0.25, 0.3) is 5.91 Å². The van der Waals surface area contributed by atoms with Gasteiger partial charge in [-0.3, -0.25) is 9.69 Å². The van der Waals surface area contributed by atoms with Gasteiger partial charge in [0, 0.05) is 42.5 Å². The average molecular weight is 417 g/mol. The molecule has 0 N–H and O–H groups in total. The first-order valence-corrected chi connectivity index (χ1v) is 10.9. The fourth-order valence-electron chi connectivity index (χ4n) is 4.31. The van der Waals surface area contributed by atoms with E-state index in [-0.39, 0.29) is 17.8 Å². The average Bonchev–Trinajstić information content (AvgIpc) is 2.77. The number of amides is 1. The van der Waals surface area contributed by atoms with Crippen LogP contribution in [0.4, 0.5) is 10.1 Å². The van der Waals surface area contributed by atoms with Gasteiger partial charge in [0.1, 0.15) is 5.82 Å². The van der Waals surface area contributed by atoms with E-state index in [0.717, 1.165) is 48.3 Å². The van der Waals surface area contributed by atoms with Crippen LogP contribution in [0.2, 0.25) is 0 Å². The molecule has 3 aromatic rings. The van der Waals surface area contributed by atoms with E-state index in [9.17, 15) is 9.18 Å². The van der Waals surface area contributed by atoms with Gasteiger partial charge in [-0.05, 0) is 62.6 Å². The van der Waals surface area contributed by atoms with Crippen LogP contribution in [0, 0.1) is 19.7 Å². The second kappa shape index (κ2) is 9.44. The Bertz CT molecular complexity index is 1040. The molecule has 1 saturated heterocycles. The summed E-state index contributed by atoms with van der Waals surface area (Å²) in [4.78, 5) is 17.8. The van der Waals surface area contributed by atoms with Crippen molar-refractivity contribution in [1.29, 1.82) is 0 Å². The third-order valence-electron chi connectivity index (χ3n) is 6.07. The predicted octanol–water partition coefficient (Wildman–Crippen LogP) is 5.75. The summed E-state index contributed by atoms with van der Waals surface area (Å²) < 4.78 is 14.1. The van der Waals surface area contributed by atoms with Crippen LogP contribution >= 0.6 is 0 Å². The van der Waals surface area contributed by atoms with E-state index in [2.05, 4.69) is 24.0 Å². The Morgan fingerprint density at radius 3 is 2.32 bits per heavy atom. The van der Waals surface area contributed by atoms with Gasteiger partial charge in [-0.25, -0.2) is 4.39 Å². The molecule has 1 amide bonds. The van der Waals surface area contributed by atoms with Crippen molar-refractivity contribution in [3.63, 3.8) is 0 Å². The van der Waals surface area contributed by atoms with Gasteiger partial charge < -0.3 is 4.90 Å². The highest BCUT2D eigenvalue weighted by Crippen LogP contribution is 2.27. The number of benzene rings is 3. The Morgan fingerprint density at radius 1 is 0.935 bits per heavy atom. The molecule has 1 aliphatic rings. The quantitative estimate of drug-likeness (QED) is 0.528. The van der Waals surface area contributed by atoms with Crippen LogP contribution in [0.25, 0.3) is 0 Å². The Hall–Kier alpha value is -2.98. The number of halogens is 1. The van der Waals surface area contributed by atoms with E-state index < -0.39 is 0 Å². The van der Waals surface area contributed by atoms with Crippen molar-refractivity contribution in [3.8, 4) is 0 Å². The second-order valence-electron chi connectivity index (χ2n) is 8.48. The van der Waals surface area contributed by atoms with Gasteiger partial charge >= 0.3 is 0 Å². The van der Waals surface area contributed by atoms with Crippen LogP contribution < -0.4 is 4.90 Å². The first-order chi connectivity index (χ1) is 15.0. The molecule has 0 bridgehead atoms. The first-order valence-electron chi connectivity index (χ1n) is 10.9. The topological polar surface area (TPSA) is 23.6 Å². The Labute approximate surface area is 184 Å². The molecule has 0 radical (unpaired) electrons. The fourth-order valence-corrected chi connectivity index (χ4v) is 4.31. The van der Waals surface area contributed by atoms with Gasteiger partial charge in [0.15, 0.2) is 0 Å². The summed E-state index contributed by atoms with van der Waals surface area (Å²) >= 11 is 0. The molecular weight excluding hydrogens is 387 g/mol. The predicted molar refractivity (Wildman–Crippen MR) is 124 cm³/mol. The largest absolute Gasteiger partial charge is 0.305 e. The zero-order valence-corrected chi connectivity index (χ0v) is 18.2. The maximum Gasteiger partial charge on any atom is 0.258 e. The minimum atomic E-state index is -0.152. The molecule has 0 saturated carbocycles. The second-order valence-corrected chi connectivity index (χ2v) is 8.48. The zero-order valence-electron chi connectivity index (χ0n) is 18.2. The molecule has 1 heterocycles. The van der Waals surface area contributed by atoms with Gasteiger partial charge in [0.05, 0.1) is 0 Å². The van der Waals surface area contributed by atoms with Crippen LogP contribution in [-0.2, 0) is 6.54 Å². The van der Waals surface area contributed by atoms with Crippen molar-refractivity contribution in [3.05, 3.63) is 101 Å². The molecular formula is C27H29FN2O. The molecule has 0 aromatic heterocycles. The molecule has 0 atom stereocenters. The first kappa shape index (κ1) is 21.3. The van der Waals surface area contributed by atoms with E-state index in [4.69, 9.17) is 0 Å². The molecule has 1 aliphatic heterocycles. The smallest absolute Gasteiger partial charge is 0.258 e. The number of likely N-dealkylation sites (tertiary alicyclic amines) is 1. The standard InChI is InChI=1S/C27H29FN2O/c1-20-10-12-22(13-11-20)27(31)30(25-8-5-6-21(2)18-25)24-14-16-29(17-15-24)19-23-7-3-4-9-26(23)28/h3-13,18,24H,14-17,19H2,1-2H3. The van der Waals surface area contributed by atoms with Crippen molar-refractivity contribution >= 4 is 11.6 Å². The highest BCUT2D eigenvalue weighted by Gasteiger charge is 2.30. The Morgan fingerprint density at radius 2 is 1.65 bits per heavy atom. The number of anilines is 1. The number of rotatable bonds is 5. The molecule has 0 spiro atoms. The molecule has 3 aromatic carbocycles. The summed E-state index contributed by atoms with van der Waals surface area (Å²) in [6.07, 6.45) is 1.72. The molecule has 3 nitrogen and oxygen atoms in total. The minimum absolute atomic E-state index is 0.0400. The molecule has 31 heavy (non-hydrogen) atoms. The third-order valence-corrected chi connectivity index (χ3v) is 6.07. The highest BCUT2D eigenvalue weighted by atomic mass is 19.1. The van der Waals surface area contributed by atoms with Crippen molar-refractivity contribution < 1.29 is 9.18 Å². The van der Waals surface area contributed by atoms with Gasteiger partial charge in [-0.2, -0.15) is 0 Å². The van der Waals surface area contributed by atoms with E-state index in [1.807, 2.05) is 60.4 Å². The van der Waals surface area contributed by atoms with E-state index in [1.165, 1.54) is 6.07 Å². The van der Waals surface area contributed by atoms with Gasteiger partial charge in [-0.15, -0.1) is 0 Å². The number of nitrogens with zero attached hydrogens (tertiary/aromatic N) is 2. The van der Waals surface area contributed by atoms with Crippen LogP contribution in [-0.4, -0.2) is 29.9 Å². The lowest BCUT2D eigenvalue weighted by molar-refractivity contribution is 0.0958. The lowest BCUT2D eigenvalue weighted by atomic mass is 9.99. The summed E-state index contributed by atoms with van der Waals surface area (Å²) in [7, 11) is 0. The molecule has 0 unspecified atom stereocenters. The Kier molecular flexibility index (Phi) is 6.47. The van der Waals surface area contributed by atoms with E-state index in [0.29, 0.717) is 12.1 Å². The Balaban J connectivity index is 1.53. The SMILES string of the molecule is Cc1ccc(C(=O)N(c2cccc(C)c2)C2CCN(Cc3ccccc3F)CC2)cc1. The summed E-state index contributed by atoms with van der Waals surface area (Å²) in [5.41, 5.74) is 4.66. The zero-order chi connectivity index (χ0) is 21.8.